The average Bonchev–Trinajstić information content (AvgIpc) is 3.35. The SMILES string of the molecule is O=C1CCC(N2Cc3cc(CN4CC5CNC(CO)C5C4)ccc3C2=O)C(=O)N1. The topological polar surface area (TPSA) is 102 Å². The van der Waals surface area contributed by atoms with E-state index >= 15 is 0 Å². The Balaban J connectivity index is 1.27. The van der Waals surface area contributed by atoms with Gasteiger partial charge in [-0.3, -0.25) is 24.6 Å². The number of amides is 3. The van der Waals surface area contributed by atoms with Crippen LogP contribution in [0.15, 0.2) is 18.2 Å². The van der Waals surface area contributed by atoms with E-state index < -0.39 is 6.04 Å². The number of piperidine rings is 1. The number of fused-ring (bicyclic) bond motifs is 2. The highest BCUT2D eigenvalue weighted by molar-refractivity contribution is 6.05. The Labute approximate surface area is 169 Å². The number of benzene rings is 1. The highest BCUT2D eigenvalue weighted by Crippen LogP contribution is 2.33. The summed E-state index contributed by atoms with van der Waals surface area (Å²) < 4.78 is 0. The van der Waals surface area contributed by atoms with Gasteiger partial charge >= 0.3 is 0 Å². The van der Waals surface area contributed by atoms with Gasteiger partial charge in [0, 0.05) is 44.2 Å². The lowest BCUT2D eigenvalue weighted by molar-refractivity contribution is -0.136. The normalized spacial score (nSPS) is 31.9. The average molecular weight is 398 g/mol. The van der Waals surface area contributed by atoms with Crippen molar-refractivity contribution in [2.24, 2.45) is 11.8 Å². The van der Waals surface area contributed by atoms with E-state index in [9.17, 15) is 19.5 Å². The minimum absolute atomic E-state index is 0.131. The Morgan fingerprint density at radius 2 is 2.03 bits per heavy atom. The number of carbonyl (C=O) groups is 3. The number of nitrogens with one attached hydrogen (secondary N) is 2. The summed E-state index contributed by atoms with van der Waals surface area (Å²) in [5.41, 5.74) is 2.77. The smallest absolute Gasteiger partial charge is 0.255 e. The largest absolute Gasteiger partial charge is 0.395 e. The summed E-state index contributed by atoms with van der Waals surface area (Å²) in [4.78, 5) is 40.4. The van der Waals surface area contributed by atoms with Gasteiger partial charge < -0.3 is 15.3 Å². The minimum Gasteiger partial charge on any atom is -0.395 e. The van der Waals surface area contributed by atoms with Crippen LogP contribution in [-0.2, 0) is 22.7 Å². The van der Waals surface area contributed by atoms with Crippen molar-refractivity contribution in [3.05, 3.63) is 34.9 Å². The van der Waals surface area contributed by atoms with Crippen LogP contribution < -0.4 is 10.6 Å². The Morgan fingerprint density at radius 1 is 1.17 bits per heavy atom. The Bertz CT molecular complexity index is 872. The van der Waals surface area contributed by atoms with E-state index in [4.69, 9.17) is 0 Å². The second kappa shape index (κ2) is 7.19. The van der Waals surface area contributed by atoms with Gasteiger partial charge in [0.2, 0.25) is 11.8 Å². The van der Waals surface area contributed by atoms with Gasteiger partial charge in [0.15, 0.2) is 0 Å². The highest BCUT2D eigenvalue weighted by atomic mass is 16.3. The fourth-order valence-corrected chi connectivity index (χ4v) is 5.43. The van der Waals surface area contributed by atoms with Crippen molar-refractivity contribution in [2.75, 3.05) is 26.2 Å². The molecule has 0 saturated carbocycles. The number of likely N-dealkylation sites (tertiary alicyclic amines) is 1. The second-order valence-corrected chi connectivity index (χ2v) is 8.71. The lowest BCUT2D eigenvalue weighted by Gasteiger charge is -2.29. The van der Waals surface area contributed by atoms with Crippen LogP contribution in [0.2, 0.25) is 0 Å². The van der Waals surface area contributed by atoms with E-state index in [1.165, 1.54) is 0 Å². The van der Waals surface area contributed by atoms with Crippen LogP contribution in [0, 0.1) is 11.8 Å². The van der Waals surface area contributed by atoms with Gasteiger partial charge in [0.1, 0.15) is 6.04 Å². The van der Waals surface area contributed by atoms with Crippen LogP contribution in [0.3, 0.4) is 0 Å². The first-order valence-corrected chi connectivity index (χ1v) is 10.4. The van der Waals surface area contributed by atoms with Crippen molar-refractivity contribution in [3.8, 4) is 0 Å². The lowest BCUT2D eigenvalue weighted by atomic mass is 9.95. The van der Waals surface area contributed by atoms with E-state index in [0.717, 1.165) is 37.3 Å². The van der Waals surface area contributed by atoms with Gasteiger partial charge in [-0.1, -0.05) is 12.1 Å². The zero-order valence-corrected chi connectivity index (χ0v) is 16.3. The Kier molecular flexibility index (Phi) is 4.64. The molecule has 4 atom stereocenters. The number of hydrogen-bond donors (Lipinski definition) is 3. The number of hydrogen-bond acceptors (Lipinski definition) is 6. The maximum Gasteiger partial charge on any atom is 0.255 e. The number of carbonyl (C=O) groups excluding carboxylic acids is 3. The summed E-state index contributed by atoms with van der Waals surface area (Å²) in [5.74, 6) is 0.309. The zero-order chi connectivity index (χ0) is 20.1. The third-order valence-electron chi connectivity index (χ3n) is 6.92. The van der Waals surface area contributed by atoms with E-state index in [-0.39, 0.29) is 36.8 Å². The maximum atomic E-state index is 12.8. The quantitative estimate of drug-likeness (QED) is 0.589. The molecule has 4 heterocycles. The number of nitrogens with zero attached hydrogens (tertiary/aromatic N) is 2. The van der Waals surface area contributed by atoms with Crippen LogP contribution in [0.5, 0.6) is 0 Å². The first-order valence-electron chi connectivity index (χ1n) is 10.4. The molecule has 0 aromatic heterocycles. The van der Waals surface area contributed by atoms with Crippen molar-refractivity contribution >= 4 is 17.7 Å². The fraction of sp³-hybridized carbons (Fsp3) is 0.571. The molecular formula is C21H26N4O4. The third-order valence-corrected chi connectivity index (χ3v) is 6.92. The van der Waals surface area contributed by atoms with Crippen LogP contribution in [-0.4, -0.2) is 71.0 Å². The molecule has 29 heavy (non-hydrogen) atoms. The summed E-state index contributed by atoms with van der Waals surface area (Å²) in [7, 11) is 0. The molecule has 4 aliphatic heterocycles. The van der Waals surface area contributed by atoms with Gasteiger partial charge in [0.05, 0.1) is 6.61 Å². The molecule has 8 heteroatoms. The fourth-order valence-electron chi connectivity index (χ4n) is 5.43. The third kappa shape index (κ3) is 3.25. The molecule has 1 aromatic carbocycles. The summed E-state index contributed by atoms with van der Waals surface area (Å²) in [5, 5.41) is 15.3. The van der Waals surface area contributed by atoms with Crippen molar-refractivity contribution in [3.63, 3.8) is 0 Å². The first-order chi connectivity index (χ1) is 14.0. The molecule has 154 valence electrons. The molecule has 8 nitrogen and oxygen atoms in total. The van der Waals surface area contributed by atoms with E-state index in [1.807, 2.05) is 12.1 Å². The minimum atomic E-state index is -0.572. The monoisotopic (exact) mass is 398 g/mol. The summed E-state index contributed by atoms with van der Waals surface area (Å²) in [6, 6.07) is 5.57. The molecule has 3 N–H and O–H groups in total. The Morgan fingerprint density at radius 3 is 2.83 bits per heavy atom. The lowest BCUT2D eigenvalue weighted by Crippen LogP contribution is -2.52. The van der Waals surface area contributed by atoms with Gasteiger partial charge in [0.25, 0.3) is 5.91 Å². The zero-order valence-electron chi connectivity index (χ0n) is 16.3. The van der Waals surface area contributed by atoms with Crippen LogP contribution >= 0.6 is 0 Å². The molecule has 5 rings (SSSR count). The van der Waals surface area contributed by atoms with E-state index in [2.05, 4.69) is 21.6 Å². The molecule has 3 fully saturated rings. The molecule has 0 aliphatic carbocycles. The molecule has 1 aromatic rings. The number of imide groups is 1. The molecule has 3 amide bonds. The number of aliphatic hydroxyl groups excluding tert-OH is 1. The molecule has 0 radical (unpaired) electrons. The van der Waals surface area contributed by atoms with E-state index in [1.54, 1.807) is 4.90 Å². The van der Waals surface area contributed by atoms with Gasteiger partial charge in [-0.25, -0.2) is 0 Å². The van der Waals surface area contributed by atoms with Crippen LogP contribution in [0.25, 0.3) is 0 Å². The summed E-state index contributed by atoms with van der Waals surface area (Å²) in [6.45, 7) is 4.38. The molecule has 0 spiro atoms. The predicted molar refractivity (Wildman–Crippen MR) is 104 cm³/mol. The molecule has 4 unspecified atom stereocenters. The van der Waals surface area contributed by atoms with Crippen molar-refractivity contribution in [2.45, 2.75) is 38.0 Å². The standard InChI is InChI=1S/C21H26N4O4/c26-11-17-16-10-24(8-14(16)6-22-17)7-12-1-2-15-13(5-12)9-25(21(15)29)18-3-4-19(27)23-20(18)28/h1-2,5,14,16-18,22,26H,3-4,6-11H2,(H,23,27,28). The molecule has 4 aliphatic rings. The van der Waals surface area contributed by atoms with Gasteiger partial charge in [-0.05, 0) is 42.0 Å². The van der Waals surface area contributed by atoms with Crippen molar-refractivity contribution < 1.29 is 19.5 Å². The van der Waals surface area contributed by atoms with Crippen LogP contribution in [0.1, 0.15) is 34.3 Å². The summed E-state index contributed by atoms with van der Waals surface area (Å²) >= 11 is 0. The maximum absolute atomic E-state index is 12.8. The van der Waals surface area contributed by atoms with E-state index in [0.29, 0.717) is 30.4 Å². The van der Waals surface area contributed by atoms with Gasteiger partial charge in [-0.2, -0.15) is 0 Å². The predicted octanol–water partition coefficient (Wildman–Crippen LogP) is -0.540. The molecular weight excluding hydrogens is 372 g/mol. The highest BCUT2D eigenvalue weighted by Gasteiger charge is 2.42. The number of rotatable bonds is 4. The van der Waals surface area contributed by atoms with Crippen molar-refractivity contribution in [1.29, 1.82) is 0 Å². The van der Waals surface area contributed by atoms with Crippen LogP contribution in [0.4, 0.5) is 0 Å². The van der Waals surface area contributed by atoms with Gasteiger partial charge in [-0.15, -0.1) is 0 Å². The first kappa shape index (κ1) is 18.7. The Hall–Kier alpha value is -2.29. The number of aliphatic hydroxyl groups is 1. The van der Waals surface area contributed by atoms with Crippen molar-refractivity contribution in [1.82, 2.24) is 20.4 Å². The molecule has 0 bridgehead atoms. The second-order valence-electron chi connectivity index (χ2n) is 8.71. The summed E-state index contributed by atoms with van der Waals surface area (Å²) in [6.07, 6.45) is 0.649. The molecule has 3 saturated heterocycles.